The molecule has 0 bridgehead atoms. The molecule has 4 rings (SSSR count). The highest BCUT2D eigenvalue weighted by atomic mass is 16.5. The summed E-state index contributed by atoms with van der Waals surface area (Å²) in [6.07, 6.45) is 4.89. The van der Waals surface area contributed by atoms with Crippen LogP contribution in [0.2, 0.25) is 0 Å². The number of carbonyl (C=O) groups is 2. The molecule has 0 saturated carbocycles. The minimum absolute atomic E-state index is 0.0191. The van der Waals surface area contributed by atoms with Crippen molar-refractivity contribution in [3.05, 3.63) is 106 Å². The van der Waals surface area contributed by atoms with Crippen molar-refractivity contribution in [1.29, 1.82) is 0 Å². The van der Waals surface area contributed by atoms with Gasteiger partial charge < -0.3 is 18.6 Å². The van der Waals surface area contributed by atoms with Crippen LogP contribution in [0.3, 0.4) is 0 Å². The number of ether oxygens (including phenoxy) is 3. The first kappa shape index (κ1) is 23.5. The van der Waals surface area contributed by atoms with Crippen LogP contribution < -0.4 is 14.9 Å². The summed E-state index contributed by atoms with van der Waals surface area (Å²) in [7, 11) is 0. The summed E-state index contributed by atoms with van der Waals surface area (Å²) in [5.74, 6) is -0.399. The van der Waals surface area contributed by atoms with Gasteiger partial charge >= 0.3 is 11.9 Å². The molecule has 0 aliphatic heterocycles. The topological polar surface area (TPSA) is 92.0 Å². The molecule has 4 aromatic rings. The van der Waals surface area contributed by atoms with Crippen LogP contribution in [0.25, 0.3) is 17.0 Å². The number of benzene rings is 3. The monoisotopic (exact) mass is 470 g/mol. The lowest BCUT2D eigenvalue weighted by atomic mass is 10.2. The molecule has 0 aliphatic rings. The molecule has 0 aliphatic carbocycles. The van der Waals surface area contributed by atoms with Crippen molar-refractivity contribution in [1.82, 2.24) is 0 Å². The molecule has 0 spiro atoms. The molecule has 35 heavy (non-hydrogen) atoms. The summed E-state index contributed by atoms with van der Waals surface area (Å²) in [5.41, 5.74) is 1.11. The van der Waals surface area contributed by atoms with Crippen LogP contribution in [0.4, 0.5) is 0 Å². The maximum atomic E-state index is 12.8. The van der Waals surface area contributed by atoms with Crippen molar-refractivity contribution in [2.45, 2.75) is 13.3 Å². The van der Waals surface area contributed by atoms with Crippen LogP contribution in [-0.2, 0) is 9.53 Å². The number of esters is 2. The number of rotatable bonds is 8. The molecule has 0 fully saturated rings. The predicted octanol–water partition coefficient (Wildman–Crippen LogP) is 5.77. The van der Waals surface area contributed by atoms with E-state index in [4.69, 9.17) is 18.6 Å². The van der Waals surface area contributed by atoms with E-state index in [1.54, 1.807) is 30.3 Å². The van der Waals surface area contributed by atoms with E-state index < -0.39 is 11.9 Å². The second-order valence-electron chi connectivity index (χ2n) is 7.51. The van der Waals surface area contributed by atoms with Crippen LogP contribution in [0, 0.1) is 0 Å². The van der Waals surface area contributed by atoms with Gasteiger partial charge in [-0.15, -0.1) is 0 Å². The molecule has 0 saturated heterocycles. The Kier molecular flexibility index (Phi) is 7.37. The van der Waals surface area contributed by atoms with Crippen LogP contribution in [0.1, 0.15) is 29.3 Å². The Morgan fingerprint density at radius 2 is 1.69 bits per heavy atom. The predicted molar refractivity (Wildman–Crippen MR) is 131 cm³/mol. The standard InChI is InChI=1S/C28H22O7/c1-2-16-32-28(31)20-9-11-21(12-10-20)34-25-18-33-24-17-22(13-14-23(24)27(25)30)35-26(29)15-8-19-6-4-3-5-7-19/h3-15,17-18H,2,16H2,1H3. The zero-order valence-electron chi connectivity index (χ0n) is 18.9. The highest BCUT2D eigenvalue weighted by Gasteiger charge is 2.12. The van der Waals surface area contributed by atoms with E-state index in [0.29, 0.717) is 17.9 Å². The summed E-state index contributed by atoms with van der Waals surface area (Å²) in [5, 5.41) is 0.266. The highest BCUT2D eigenvalue weighted by Crippen LogP contribution is 2.24. The SMILES string of the molecule is CCCOC(=O)c1ccc(Oc2coc3cc(OC(=O)C=Cc4ccccc4)ccc3c2=O)cc1. The second-order valence-corrected chi connectivity index (χ2v) is 7.51. The first-order chi connectivity index (χ1) is 17.0. The van der Waals surface area contributed by atoms with Crippen LogP contribution in [0.5, 0.6) is 17.2 Å². The number of hydrogen-bond acceptors (Lipinski definition) is 7. The van der Waals surface area contributed by atoms with E-state index in [-0.39, 0.29) is 27.9 Å². The van der Waals surface area contributed by atoms with Crippen molar-refractivity contribution in [2.75, 3.05) is 6.61 Å². The molecule has 0 radical (unpaired) electrons. The van der Waals surface area contributed by atoms with Crippen molar-refractivity contribution >= 4 is 29.0 Å². The van der Waals surface area contributed by atoms with Crippen LogP contribution >= 0.6 is 0 Å². The molecular formula is C28H22O7. The van der Waals surface area contributed by atoms with Gasteiger partial charge in [0.2, 0.25) is 11.2 Å². The zero-order valence-corrected chi connectivity index (χ0v) is 18.9. The van der Waals surface area contributed by atoms with Gasteiger partial charge in [0.15, 0.2) is 0 Å². The lowest BCUT2D eigenvalue weighted by molar-refractivity contribution is -0.128. The molecular weight excluding hydrogens is 448 g/mol. The molecule has 0 unspecified atom stereocenters. The third-order valence-corrected chi connectivity index (χ3v) is 4.90. The normalized spacial score (nSPS) is 10.9. The Balaban J connectivity index is 1.45. The fraction of sp³-hybridized carbons (Fsp3) is 0.107. The van der Waals surface area contributed by atoms with Gasteiger partial charge in [0.05, 0.1) is 17.6 Å². The maximum absolute atomic E-state index is 12.8. The summed E-state index contributed by atoms with van der Waals surface area (Å²) in [6, 6.07) is 20.1. The van der Waals surface area contributed by atoms with E-state index >= 15 is 0 Å². The van der Waals surface area contributed by atoms with Gasteiger partial charge in [0.25, 0.3) is 0 Å². The Labute approximate surface area is 201 Å². The smallest absolute Gasteiger partial charge is 0.338 e. The second kappa shape index (κ2) is 11.0. The fourth-order valence-electron chi connectivity index (χ4n) is 3.17. The van der Waals surface area contributed by atoms with Gasteiger partial charge in [-0.1, -0.05) is 37.3 Å². The average molecular weight is 470 g/mol. The van der Waals surface area contributed by atoms with E-state index in [1.165, 1.54) is 30.5 Å². The lowest BCUT2D eigenvalue weighted by Gasteiger charge is -2.08. The minimum atomic E-state index is -0.558. The quantitative estimate of drug-likeness (QED) is 0.183. The highest BCUT2D eigenvalue weighted by molar-refractivity contribution is 5.90. The third-order valence-electron chi connectivity index (χ3n) is 4.90. The van der Waals surface area contributed by atoms with Gasteiger partial charge in [0.1, 0.15) is 23.3 Å². The first-order valence-electron chi connectivity index (χ1n) is 11.0. The van der Waals surface area contributed by atoms with Crippen LogP contribution in [0.15, 0.2) is 94.3 Å². The Morgan fingerprint density at radius 1 is 0.943 bits per heavy atom. The maximum Gasteiger partial charge on any atom is 0.338 e. The first-order valence-corrected chi connectivity index (χ1v) is 11.0. The van der Waals surface area contributed by atoms with E-state index in [2.05, 4.69) is 0 Å². The largest absolute Gasteiger partial charge is 0.462 e. The van der Waals surface area contributed by atoms with E-state index in [9.17, 15) is 14.4 Å². The fourth-order valence-corrected chi connectivity index (χ4v) is 3.17. The number of hydrogen-bond donors (Lipinski definition) is 0. The van der Waals surface area contributed by atoms with Crippen molar-refractivity contribution in [3.8, 4) is 17.2 Å². The molecule has 0 atom stereocenters. The molecule has 1 aromatic heterocycles. The summed E-state index contributed by atoms with van der Waals surface area (Å²) >= 11 is 0. The number of fused-ring (bicyclic) bond motifs is 1. The van der Waals surface area contributed by atoms with Crippen LogP contribution in [-0.4, -0.2) is 18.5 Å². The van der Waals surface area contributed by atoms with E-state index in [0.717, 1.165) is 12.0 Å². The Morgan fingerprint density at radius 3 is 2.43 bits per heavy atom. The molecule has 7 nitrogen and oxygen atoms in total. The Hall–Kier alpha value is -4.65. The van der Waals surface area contributed by atoms with Gasteiger partial charge in [-0.2, -0.15) is 0 Å². The third kappa shape index (κ3) is 6.03. The van der Waals surface area contributed by atoms with Crippen molar-refractivity contribution < 1.29 is 28.2 Å². The molecule has 176 valence electrons. The average Bonchev–Trinajstić information content (AvgIpc) is 2.89. The van der Waals surface area contributed by atoms with E-state index in [1.807, 2.05) is 37.3 Å². The molecule has 7 heteroatoms. The summed E-state index contributed by atoms with van der Waals surface area (Å²) < 4.78 is 21.6. The lowest BCUT2D eigenvalue weighted by Crippen LogP contribution is -2.07. The summed E-state index contributed by atoms with van der Waals surface area (Å²) in [6.45, 7) is 2.26. The van der Waals surface area contributed by atoms with Gasteiger partial charge in [-0.25, -0.2) is 9.59 Å². The summed E-state index contributed by atoms with van der Waals surface area (Å²) in [4.78, 5) is 36.9. The van der Waals surface area contributed by atoms with Crippen molar-refractivity contribution in [3.63, 3.8) is 0 Å². The van der Waals surface area contributed by atoms with Gasteiger partial charge in [0, 0.05) is 12.1 Å². The number of carbonyl (C=O) groups excluding carboxylic acids is 2. The Bertz CT molecular complexity index is 1420. The zero-order chi connectivity index (χ0) is 24.6. The molecule has 0 amide bonds. The van der Waals surface area contributed by atoms with Gasteiger partial charge in [-0.3, -0.25) is 4.79 Å². The van der Waals surface area contributed by atoms with Crippen molar-refractivity contribution in [2.24, 2.45) is 0 Å². The minimum Gasteiger partial charge on any atom is -0.462 e. The van der Waals surface area contributed by atoms with Gasteiger partial charge in [-0.05, 0) is 54.5 Å². The molecule has 0 N–H and O–H groups in total. The molecule has 3 aromatic carbocycles. The molecule has 1 heterocycles.